The smallest absolute Gasteiger partial charge is 0.254 e. The highest BCUT2D eigenvalue weighted by Crippen LogP contribution is 2.49. The second-order valence-electron chi connectivity index (χ2n) is 8.90. The number of amides is 2. The third-order valence-electron chi connectivity index (χ3n) is 7.14. The number of anilines is 1. The second kappa shape index (κ2) is 8.43. The van der Waals surface area contributed by atoms with E-state index in [4.69, 9.17) is 4.74 Å². The molecule has 2 aliphatic rings. The number of nitrogens with one attached hydrogen (secondary N) is 2. The number of hydrogen-bond acceptors (Lipinski definition) is 3. The molecule has 5 rings (SSSR count). The maximum absolute atomic E-state index is 13.9. The van der Waals surface area contributed by atoms with E-state index in [9.17, 15) is 9.59 Å². The van der Waals surface area contributed by atoms with Crippen molar-refractivity contribution in [3.05, 3.63) is 65.9 Å². The quantitative estimate of drug-likeness (QED) is 0.615. The number of fused-ring (bicyclic) bond motifs is 2. The molecule has 0 bridgehead atoms. The van der Waals surface area contributed by atoms with Crippen LogP contribution in [-0.2, 0) is 9.53 Å². The Morgan fingerprint density at radius 2 is 1.97 bits per heavy atom. The minimum Gasteiger partial charge on any atom is -0.383 e. The first kappa shape index (κ1) is 20.8. The zero-order valence-electron chi connectivity index (χ0n) is 18.4. The van der Waals surface area contributed by atoms with Gasteiger partial charge in [-0.25, -0.2) is 0 Å². The summed E-state index contributed by atoms with van der Waals surface area (Å²) >= 11 is 0. The number of benzene rings is 2. The number of methoxy groups -OCH3 is 1. The summed E-state index contributed by atoms with van der Waals surface area (Å²) in [6.07, 6.45) is 6.70. The van der Waals surface area contributed by atoms with Gasteiger partial charge in [0.15, 0.2) is 0 Å². The number of carbonyl (C=O) groups is 2. The number of H-pyrrole nitrogens is 1. The van der Waals surface area contributed by atoms with Crippen LogP contribution in [-0.4, -0.2) is 47.5 Å². The SMILES string of the molecule is COCCN1C(=O)c2ccccc2C(C(=O)Nc2ccc3[nH]ccc3c2)C12CCCCC2. The standard InChI is InChI=1S/C26H29N3O3/c1-32-16-15-29-25(31)21-8-4-3-7-20(21)23(26(29)12-5-2-6-13-26)24(30)28-19-9-10-22-18(17-19)11-14-27-22/h3-4,7-11,14,17,23,27H,2,5-6,12-13,15-16H2,1H3,(H,28,30). The molecule has 2 aromatic carbocycles. The predicted molar refractivity (Wildman–Crippen MR) is 125 cm³/mol. The molecule has 1 aliphatic heterocycles. The first-order chi connectivity index (χ1) is 15.6. The molecule has 1 aliphatic carbocycles. The fourth-order valence-corrected chi connectivity index (χ4v) is 5.70. The average molecular weight is 432 g/mol. The molecule has 2 N–H and O–H groups in total. The molecule has 3 aromatic rings. The lowest BCUT2D eigenvalue weighted by Gasteiger charge is -2.53. The highest BCUT2D eigenvalue weighted by Gasteiger charge is 2.54. The van der Waals surface area contributed by atoms with Crippen molar-refractivity contribution in [3.8, 4) is 0 Å². The zero-order chi connectivity index (χ0) is 22.1. The van der Waals surface area contributed by atoms with E-state index in [0.29, 0.717) is 18.7 Å². The third-order valence-corrected chi connectivity index (χ3v) is 7.14. The summed E-state index contributed by atoms with van der Waals surface area (Å²) < 4.78 is 5.34. The van der Waals surface area contributed by atoms with Gasteiger partial charge in [0, 0.05) is 42.0 Å². The Balaban J connectivity index is 1.58. The molecule has 1 fully saturated rings. The van der Waals surface area contributed by atoms with Crippen molar-refractivity contribution in [2.45, 2.75) is 43.6 Å². The van der Waals surface area contributed by atoms with Crippen molar-refractivity contribution in [2.75, 3.05) is 25.6 Å². The van der Waals surface area contributed by atoms with Gasteiger partial charge >= 0.3 is 0 Å². The van der Waals surface area contributed by atoms with Crippen LogP contribution in [0, 0.1) is 0 Å². The summed E-state index contributed by atoms with van der Waals surface area (Å²) in [4.78, 5) is 32.6. The highest BCUT2D eigenvalue weighted by molar-refractivity contribution is 6.05. The second-order valence-corrected chi connectivity index (χ2v) is 8.90. The van der Waals surface area contributed by atoms with E-state index in [-0.39, 0.29) is 11.8 Å². The summed E-state index contributed by atoms with van der Waals surface area (Å²) in [5.41, 5.74) is 2.75. The van der Waals surface area contributed by atoms with Gasteiger partial charge in [0.25, 0.3) is 5.91 Å². The molecular formula is C26H29N3O3. The van der Waals surface area contributed by atoms with E-state index in [2.05, 4.69) is 10.3 Å². The van der Waals surface area contributed by atoms with E-state index in [1.165, 1.54) is 0 Å². The summed E-state index contributed by atoms with van der Waals surface area (Å²) in [6, 6.07) is 15.5. The summed E-state index contributed by atoms with van der Waals surface area (Å²) in [5, 5.41) is 4.23. The van der Waals surface area contributed by atoms with Crippen molar-refractivity contribution < 1.29 is 14.3 Å². The molecule has 0 saturated heterocycles. The predicted octanol–water partition coefficient (Wildman–Crippen LogP) is 4.70. The van der Waals surface area contributed by atoms with Gasteiger partial charge in [0.1, 0.15) is 0 Å². The van der Waals surface area contributed by atoms with Crippen LogP contribution in [0.25, 0.3) is 10.9 Å². The van der Waals surface area contributed by atoms with Crippen molar-refractivity contribution in [3.63, 3.8) is 0 Å². The molecule has 2 heterocycles. The number of rotatable bonds is 5. The molecule has 32 heavy (non-hydrogen) atoms. The molecular weight excluding hydrogens is 402 g/mol. The highest BCUT2D eigenvalue weighted by atomic mass is 16.5. The maximum atomic E-state index is 13.9. The van der Waals surface area contributed by atoms with Crippen LogP contribution in [0.15, 0.2) is 54.7 Å². The van der Waals surface area contributed by atoms with Gasteiger partial charge in [-0.3, -0.25) is 9.59 Å². The van der Waals surface area contributed by atoms with Crippen LogP contribution in [0.3, 0.4) is 0 Å². The van der Waals surface area contributed by atoms with Gasteiger partial charge in [0.05, 0.1) is 18.1 Å². The number of carbonyl (C=O) groups excluding carboxylic acids is 2. The van der Waals surface area contributed by atoms with Crippen molar-refractivity contribution >= 4 is 28.4 Å². The molecule has 1 atom stereocenters. The van der Waals surface area contributed by atoms with Crippen LogP contribution < -0.4 is 5.32 Å². The number of hydrogen-bond donors (Lipinski definition) is 2. The van der Waals surface area contributed by atoms with Crippen LogP contribution >= 0.6 is 0 Å². The Labute approximate surface area is 187 Å². The minimum absolute atomic E-state index is 0.0114. The summed E-state index contributed by atoms with van der Waals surface area (Å²) in [5.74, 6) is -0.461. The van der Waals surface area contributed by atoms with Crippen molar-refractivity contribution in [2.24, 2.45) is 0 Å². The zero-order valence-corrected chi connectivity index (χ0v) is 18.4. The van der Waals surface area contributed by atoms with Gasteiger partial charge in [-0.1, -0.05) is 37.5 Å². The average Bonchev–Trinajstić information content (AvgIpc) is 3.28. The van der Waals surface area contributed by atoms with Crippen LogP contribution in [0.4, 0.5) is 5.69 Å². The first-order valence-electron chi connectivity index (χ1n) is 11.4. The number of nitrogens with zero attached hydrogens (tertiary/aromatic N) is 1. The van der Waals surface area contributed by atoms with Gasteiger partial charge in [-0.2, -0.15) is 0 Å². The maximum Gasteiger partial charge on any atom is 0.254 e. The molecule has 1 unspecified atom stereocenters. The molecule has 2 amide bonds. The molecule has 6 heteroatoms. The van der Waals surface area contributed by atoms with Crippen molar-refractivity contribution in [1.29, 1.82) is 0 Å². The fourth-order valence-electron chi connectivity index (χ4n) is 5.70. The largest absolute Gasteiger partial charge is 0.383 e. The lowest BCUT2D eigenvalue weighted by atomic mass is 9.65. The Morgan fingerprint density at radius 1 is 1.16 bits per heavy atom. The van der Waals surface area contributed by atoms with Gasteiger partial charge in [-0.15, -0.1) is 0 Å². The molecule has 1 saturated carbocycles. The minimum atomic E-state index is -0.523. The summed E-state index contributed by atoms with van der Waals surface area (Å²) in [7, 11) is 1.65. The Kier molecular flexibility index (Phi) is 5.47. The van der Waals surface area contributed by atoms with Crippen LogP contribution in [0.5, 0.6) is 0 Å². The van der Waals surface area contributed by atoms with E-state index < -0.39 is 11.5 Å². The monoisotopic (exact) mass is 431 g/mol. The number of aromatic nitrogens is 1. The number of ether oxygens (including phenoxy) is 1. The topological polar surface area (TPSA) is 74.4 Å². The third kappa shape index (κ3) is 3.39. The van der Waals surface area contributed by atoms with E-state index >= 15 is 0 Å². The van der Waals surface area contributed by atoms with E-state index in [1.807, 2.05) is 59.6 Å². The Bertz CT molecular complexity index is 1150. The van der Waals surface area contributed by atoms with Crippen LogP contribution in [0.1, 0.15) is 53.9 Å². The normalized spacial score (nSPS) is 19.8. The fraction of sp³-hybridized carbons (Fsp3) is 0.385. The molecule has 0 radical (unpaired) electrons. The summed E-state index contributed by atoms with van der Waals surface area (Å²) in [6.45, 7) is 0.941. The first-order valence-corrected chi connectivity index (χ1v) is 11.4. The molecule has 1 spiro atoms. The van der Waals surface area contributed by atoms with Gasteiger partial charge in [-0.05, 0) is 48.7 Å². The lowest BCUT2D eigenvalue weighted by molar-refractivity contribution is -0.122. The molecule has 6 nitrogen and oxygen atoms in total. The molecule has 1 aromatic heterocycles. The van der Waals surface area contributed by atoms with E-state index in [1.54, 1.807) is 7.11 Å². The molecule has 166 valence electrons. The van der Waals surface area contributed by atoms with Crippen LogP contribution in [0.2, 0.25) is 0 Å². The Hall–Kier alpha value is -3.12. The van der Waals surface area contributed by atoms with Gasteiger partial charge in [0.2, 0.25) is 5.91 Å². The Morgan fingerprint density at radius 3 is 2.78 bits per heavy atom. The van der Waals surface area contributed by atoms with E-state index in [0.717, 1.165) is 54.3 Å². The number of aromatic amines is 1. The lowest BCUT2D eigenvalue weighted by Crippen LogP contribution is -2.62. The van der Waals surface area contributed by atoms with Crippen molar-refractivity contribution in [1.82, 2.24) is 9.88 Å². The van der Waals surface area contributed by atoms with Gasteiger partial charge < -0.3 is 19.9 Å².